The lowest BCUT2D eigenvalue weighted by Crippen LogP contribution is -3.17. The number of nitrogens with zero attached hydrogens (tertiary/aromatic N) is 1. The summed E-state index contributed by atoms with van der Waals surface area (Å²) in [5.74, 6) is 0.741. The van der Waals surface area contributed by atoms with E-state index in [-0.39, 0.29) is 12.5 Å². The smallest absolute Gasteiger partial charge is 0.260 e. The van der Waals surface area contributed by atoms with Gasteiger partial charge in [0.2, 0.25) is 0 Å². The second-order valence-electron chi connectivity index (χ2n) is 5.59. The molecule has 4 nitrogen and oxygen atoms in total. The highest BCUT2D eigenvalue weighted by atomic mass is 35.5. The summed E-state index contributed by atoms with van der Waals surface area (Å²) in [5, 5.41) is 0.665. The summed E-state index contributed by atoms with van der Waals surface area (Å²) in [4.78, 5) is 15.7. The Labute approximate surface area is 131 Å². The maximum atomic E-state index is 12.2. The Kier molecular flexibility index (Phi) is 5.88. The molecule has 0 radical (unpaired) electrons. The van der Waals surface area contributed by atoms with E-state index in [0.717, 1.165) is 26.2 Å². The first-order valence-corrected chi connectivity index (χ1v) is 7.98. The fourth-order valence-electron chi connectivity index (χ4n) is 2.59. The molecule has 0 saturated carbocycles. The number of benzene rings is 1. The van der Waals surface area contributed by atoms with Crippen LogP contribution in [0.1, 0.15) is 20.3 Å². The molecule has 0 aliphatic carbocycles. The lowest BCUT2D eigenvalue weighted by atomic mass is 10.2. The Morgan fingerprint density at radius 3 is 2.52 bits per heavy atom. The van der Waals surface area contributed by atoms with Gasteiger partial charge in [0.25, 0.3) is 5.91 Å². The van der Waals surface area contributed by atoms with Crippen LogP contribution in [0.4, 0.5) is 0 Å². The number of carbonyl (C=O) groups excluding carboxylic acids is 1. The van der Waals surface area contributed by atoms with Crippen LogP contribution in [0.25, 0.3) is 0 Å². The highest BCUT2D eigenvalue weighted by molar-refractivity contribution is 6.30. The van der Waals surface area contributed by atoms with Gasteiger partial charge in [-0.2, -0.15) is 0 Å². The van der Waals surface area contributed by atoms with E-state index in [9.17, 15) is 4.79 Å². The summed E-state index contributed by atoms with van der Waals surface area (Å²) in [6, 6.07) is 7.75. The summed E-state index contributed by atoms with van der Waals surface area (Å²) in [6.45, 7) is 8.29. The molecule has 1 aromatic rings. The first-order valence-electron chi connectivity index (χ1n) is 7.61. The van der Waals surface area contributed by atoms with Crippen molar-refractivity contribution in [1.29, 1.82) is 0 Å². The van der Waals surface area contributed by atoms with E-state index in [2.05, 4.69) is 13.8 Å². The minimum Gasteiger partial charge on any atom is -0.484 e. The average Bonchev–Trinajstić information content (AvgIpc) is 2.53. The molecular weight excluding hydrogens is 288 g/mol. The fourth-order valence-corrected chi connectivity index (χ4v) is 2.72. The van der Waals surface area contributed by atoms with Gasteiger partial charge >= 0.3 is 0 Å². The van der Waals surface area contributed by atoms with Gasteiger partial charge in [-0.05, 0) is 37.6 Å². The Bertz CT molecular complexity index is 456. The van der Waals surface area contributed by atoms with Crippen LogP contribution in [0.2, 0.25) is 5.02 Å². The molecular formula is C16H24ClN2O2+. The zero-order chi connectivity index (χ0) is 15.2. The number of rotatable bonds is 5. The molecule has 5 heteroatoms. The molecule has 0 spiro atoms. The van der Waals surface area contributed by atoms with Gasteiger partial charge < -0.3 is 14.5 Å². The molecule has 1 amide bonds. The third kappa shape index (κ3) is 4.61. The van der Waals surface area contributed by atoms with E-state index >= 15 is 0 Å². The van der Waals surface area contributed by atoms with Gasteiger partial charge in [-0.15, -0.1) is 0 Å². The van der Waals surface area contributed by atoms with Crippen LogP contribution in [0.5, 0.6) is 5.75 Å². The van der Waals surface area contributed by atoms with E-state index in [1.807, 2.05) is 4.90 Å². The predicted octanol–water partition coefficient (Wildman–Crippen LogP) is 1.24. The minimum atomic E-state index is 0.0631. The largest absolute Gasteiger partial charge is 0.484 e. The van der Waals surface area contributed by atoms with Crippen molar-refractivity contribution in [2.75, 3.05) is 32.8 Å². The van der Waals surface area contributed by atoms with Gasteiger partial charge in [0, 0.05) is 5.02 Å². The maximum Gasteiger partial charge on any atom is 0.260 e. The van der Waals surface area contributed by atoms with Crippen LogP contribution in [-0.4, -0.2) is 49.6 Å². The lowest BCUT2D eigenvalue weighted by molar-refractivity contribution is -0.927. The number of hydrogen-bond acceptors (Lipinski definition) is 2. The van der Waals surface area contributed by atoms with Crippen molar-refractivity contribution in [1.82, 2.24) is 4.90 Å². The predicted molar refractivity (Wildman–Crippen MR) is 84.0 cm³/mol. The quantitative estimate of drug-likeness (QED) is 0.888. The molecule has 1 aliphatic heterocycles. The van der Waals surface area contributed by atoms with Crippen LogP contribution in [0.15, 0.2) is 24.3 Å². The molecule has 0 unspecified atom stereocenters. The molecule has 0 bridgehead atoms. The number of carbonyl (C=O) groups is 1. The topological polar surface area (TPSA) is 34.0 Å². The van der Waals surface area contributed by atoms with E-state index in [1.165, 1.54) is 6.42 Å². The zero-order valence-electron chi connectivity index (χ0n) is 12.8. The van der Waals surface area contributed by atoms with Crippen molar-refractivity contribution in [2.24, 2.45) is 0 Å². The number of halogens is 1. The van der Waals surface area contributed by atoms with Crippen molar-refractivity contribution in [3.05, 3.63) is 29.3 Å². The molecule has 1 N–H and O–H groups in total. The van der Waals surface area contributed by atoms with Crippen LogP contribution in [-0.2, 0) is 4.79 Å². The minimum absolute atomic E-state index is 0.0631. The lowest BCUT2D eigenvalue weighted by Gasteiger charge is -2.35. The third-order valence-corrected chi connectivity index (χ3v) is 4.50. The van der Waals surface area contributed by atoms with Crippen LogP contribution in [0.3, 0.4) is 0 Å². The molecule has 21 heavy (non-hydrogen) atoms. The SMILES string of the molecule is CC[C@H](C)[NH+]1CCN(C(=O)COc2ccc(Cl)cc2)CC1. The molecule has 1 heterocycles. The fraction of sp³-hybridized carbons (Fsp3) is 0.562. The van der Waals surface area contributed by atoms with Crippen LogP contribution >= 0.6 is 11.6 Å². The zero-order valence-corrected chi connectivity index (χ0v) is 13.5. The van der Waals surface area contributed by atoms with Crippen molar-refractivity contribution in [2.45, 2.75) is 26.3 Å². The number of ether oxygens (including phenoxy) is 1. The van der Waals surface area contributed by atoms with Crippen molar-refractivity contribution >= 4 is 17.5 Å². The molecule has 1 atom stereocenters. The molecule has 1 fully saturated rings. The van der Waals surface area contributed by atoms with E-state index in [1.54, 1.807) is 29.2 Å². The summed E-state index contributed by atoms with van der Waals surface area (Å²) >= 11 is 5.81. The Morgan fingerprint density at radius 1 is 1.33 bits per heavy atom. The first-order chi connectivity index (χ1) is 10.1. The summed E-state index contributed by atoms with van der Waals surface area (Å²) in [7, 11) is 0. The Hall–Kier alpha value is -1.26. The second-order valence-corrected chi connectivity index (χ2v) is 6.03. The van der Waals surface area contributed by atoms with Gasteiger partial charge in [0.05, 0.1) is 32.2 Å². The van der Waals surface area contributed by atoms with Gasteiger partial charge in [-0.1, -0.05) is 18.5 Å². The van der Waals surface area contributed by atoms with E-state index in [0.29, 0.717) is 16.8 Å². The summed E-state index contributed by atoms with van der Waals surface area (Å²) in [6.07, 6.45) is 1.18. The van der Waals surface area contributed by atoms with E-state index < -0.39 is 0 Å². The molecule has 2 rings (SSSR count). The second kappa shape index (κ2) is 7.66. The van der Waals surface area contributed by atoms with Gasteiger partial charge in [-0.3, -0.25) is 4.79 Å². The molecule has 1 saturated heterocycles. The molecule has 1 aromatic carbocycles. The van der Waals surface area contributed by atoms with Crippen LogP contribution < -0.4 is 9.64 Å². The third-order valence-electron chi connectivity index (χ3n) is 4.24. The van der Waals surface area contributed by atoms with Crippen molar-refractivity contribution < 1.29 is 14.4 Å². The van der Waals surface area contributed by atoms with Gasteiger partial charge in [-0.25, -0.2) is 0 Å². The van der Waals surface area contributed by atoms with Crippen LogP contribution in [0, 0.1) is 0 Å². The van der Waals surface area contributed by atoms with E-state index in [4.69, 9.17) is 16.3 Å². The summed E-state index contributed by atoms with van der Waals surface area (Å²) in [5.41, 5.74) is 0. The highest BCUT2D eigenvalue weighted by Gasteiger charge is 2.26. The van der Waals surface area contributed by atoms with Gasteiger partial charge in [0.1, 0.15) is 5.75 Å². The molecule has 0 aromatic heterocycles. The first kappa shape index (κ1) is 16.1. The molecule has 116 valence electrons. The number of amides is 1. The normalized spacial score (nSPS) is 17.6. The standard InChI is InChI=1S/C16H23ClN2O2/c1-3-13(2)18-8-10-19(11-9-18)16(20)12-21-15-6-4-14(17)5-7-15/h4-7,13H,3,8-12H2,1-2H3/p+1/t13-/m0/s1. The number of piperazine rings is 1. The monoisotopic (exact) mass is 311 g/mol. The van der Waals surface area contributed by atoms with Crippen molar-refractivity contribution in [3.63, 3.8) is 0 Å². The number of hydrogen-bond donors (Lipinski definition) is 1. The maximum absolute atomic E-state index is 12.2. The highest BCUT2D eigenvalue weighted by Crippen LogP contribution is 2.15. The Balaban J connectivity index is 1.76. The number of nitrogens with one attached hydrogen (secondary N) is 1. The average molecular weight is 312 g/mol. The van der Waals surface area contributed by atoms with Crippen molar-refractivity contribution in [3.8, 4) is 5.75 Å². The number of quaternary nitrogens is 1. The molecule has 1 aliphatic rings. The van der Waals surface area contributed by atoms with Gasteiger partial charge in [0.15, 0.2) is 6.61 Å². The summed E-state index contributed by atoms with van der Waals surface area (Å²) < 4.78 is 5.51. The Morgan fingerprint density at radius 2 is 1.95 bits per heavy atom.